The Hall–Kier alpha value is -8.19. The molecule has 0 unspecified atom stereocenters. The number of pyridine rings is 3. The van der Waals surface area contributed by atoms with Gasteiger partial charge in [-0.05, 0) is 229 Å². The SMILES string of the molecule is C.CC1(C)OB(B2OC(C)(C)C(C)(C)O2)OC1(C)C.CC1(C)OB(c2cc(F)cc(CCS(C)(=O)=O)c2)OC1(C)C.CO.CS(=O)(=O)NCc1cc(F)cc(-c2cncc(N)c2N)c1.CS(=O)(=O)NCc1cc(F)cc(-c2cncc([N+](=O)[O-])c2N)c1.CS(=O)(=O)NCc1cc(F)cc(Br)c1.CS(N)(=O)=O.Nc1c(Br)cncc1[N+](=O)[O-].O=Cc1cc(F)cc(Br)c1. The quantitative estimate of drug-likeness (QED) is 0.0119. The zero-order valence-corrected chi connectivity index (χ0v) is 80.5. The second-order valence-corrected chi connectivity index (χ2v) is 43.0. The molecule has 3 aliphatic heterocycles. The minimum absolute atomic E-state index is 0. The Bertz CT molecular complexity index is 5650. The van der Waals surface area contributed by atoms with Gasteiger partial charge in [0.05, 0.1) is 96.3 Å². The van der Waals surface area contributed by atoms with Crippen molar-refractivity contribution in [3.05, 3.63) is 219 Å². The summed E-state index contributed by atoms with van der Waals surface area (Å²) in [6.07, 6.45) is 13.7. The van der Waals surface area contributed by atoms with Crippen molar-refractivity contribution in [2.45, 2.75) is 150 Å². The highest BCUT2D eigenvalue weighted by Crippen LogP contribution is 2.44. The van der Waals surface area contributed by atoms with E-state index in [1.165, 1.54) is 85.6 Å². The predicted octanol–water partition coefficient (Wildman–Crippen LogP) is 11.0. The van der Waals surface area contributed by atoms with Crippen LogP contribution in [0.5, 0.6) is 0 Å². The van der Waals surface area contributed by atoms with E-state index >= 15 is 0 Å². The summed E-state index contributed by atoms with van der Waals surface area (Å²) in [6, 6.07) is 20.7. The van der Waals surface area contributed by atoms with Gasteiger partial charge >= 0.3 is 32.5 Å². The van der Waals surface area contributed by atoms with Gasteiger partial charge in [-0.2, -0.15) is 0 Å². The highest BCUT2D eigenvalue weighted by atomic mass is 79.9. The molecule has 700 valence electrons. The van der Waals surface area contributed by atoms with Gasteiger partial charge in [0, 0.05) is 77.2 Å². The van der Waals surface area contributed by atoms with E-state index in [2.05, 4.69) is 82.0 Å². The minimum Gasteiger partial charge on any atom is -0.405 e. The number of aromatic nitrogens is 3. The van der Waals surface area contributed by atoms with E-state index in [1.807, 2.05) is 83.1 Å². The number of hydrogen-bond acceptors (Lipinski definition) is 29. The van der Waals surface area contributed by atoms with Gasteiger partial charge in [-0.1, -0.05) is 45.4 Å². The number of carbonyl (C=O) groups excluding carboxylic acids is 1. The lowest BCUT2D eigenvalue weighted by Gasteiger charge is -2.32. The summed E-state index contributed by atoms with van der Waals surface area (Å²) in [6.45, 7) is 23.9. The number of anilines is 4. The first kappa shape index (κ1) is 115. The van der Waals surface area contributed by atoms with Crippen molar-refractivity contribution in [1.29, 1.82) is 0 Å². The standard InChI is InChI=1S/C15H22BFO4S.C13H13FN4O4S.C13H15FN4O2S.C12H24B2O4.C8H9BrFNO2S.C7H4BrFO.C5H4BrN3O2.CH5NO2S.CH4O.CH4/c1-14(2)15(3,4)21-16(20-14)12-8-11(9-13(17)10-12)6-7-22(5,18)19;1-23(21,22)17-5-8-2-9(4-10(14)3-8)11-6-16-7-12(13(11)15)18(19)20;1-21(19,20)18-5-8-2-9(4-10(14)3-8)11-6-17-7-12(15)13(11)16;1-9(2)10(3,4)16-13(15-9)14-17-11(5,6)12(7,8)18-14;1-14(12,13)11-5-6-2-7(9)4-8(10)3-6;8-6-1-5(4-10)2-7(9)3-6;6-3-1-8-2-4(5(3)7)9(10)11;1-5(2,3)4;1-2;/h8-10H,6-7H2,1-5H3;2-4,6-7,17H,5H2,1H3,(H2,15,16);2-4,6-7,18H,5,15H2,1H3,(H2,16,17);1-8H3;2-4,11H,5H2,1H3;1-4H;1-2H,(H2,7,8);1H3,(H2,2,3,4);2H,1H3;1H4. The van der Waals surface area contributed by atoms with E-state index in [4.69, 9.17) is 56.0 Å². The molecule has 6 heterocycles. The molecule has 0 bridgehead atoms. The molecule has 0 aliphatic carbocycles. The van der Waals surface area contributed by atoms with Gasteiger partial charge in [0.25, 0.3) is 0 Å². The van der Waals surface area contributed by atoms with E-state index in [9.17, 15) is 89.1 Å². The summed E-state index contributed by atoms with van der Waals surface area (Å²) < 4.78 is 218. The van der Waals surface area contributed by atoms with Crippen molar-refractivity contribution in [1.82, 2.24) is 29.1 Å². The van der Waals surface area contributed by atoms with Crippen LogP contribution in [-0.2, 0) is 104 Å². The molecule has 5 aromatic carbocycles. The number of nitrogens with zero attached hydrogens (tertiary/aromatic N) is 5. The summed E-state index contributed by atoms with van der Waals surface area (Å²) in [5, 5.41) is 32.5. The Kier molecular flexibility index (Phi) is 43.0. The molecular formula is C76H104B3Br3F5N13O22S5. The Balaban J connectivity index is 0.000000502. The van der Waals surface area contributed by atoms with E-state index < -0.39 is 121 Å². The lowest BCUT2D eigenvalue weighted by molar-refractivity contribution is -0.384. The Morgan fingerprint density at radius 2 is 0.772 bits per heavy atom. The fourth-order valence-corrected chi connectivity index (χ4v) is 13.4. The fraction of sp³-hybridized carbons (Fsp3) is 0.395. The summed E-state index contributed by atoms with van der Waals surface area (Å²) >= 11 is 9.19. The Labute approximate surface area is 763 Å². The first-order chi connectivity index (χ1) is 57.4. The number of nitrogens with two attached hydrogens (primary N) is 5. The molecule has 127 heavy (non-hydrogen) atoms. The summed E-state index contributed by atoms with van der Waals surface area (Å²) in [5.74, 6) is -2.37. The van der Waals surface area contributed by atoms with Crippen molar-refractivity contribution in [3.8, 4) is 22.3 Å². The van der Waals surface area contributed by atoms with Crippen molar-refractivity contribution in [2.75, 3.05) is 67.1 Å². The molecule has 0 radical (unpaired) electrons. The van der Waals surface area contributed by atoms with Crippen molar-refractivity contribution >= 4 is 165 Å². The number of halogens is 8. The molecule has 8 aromatic rings. The fourth-order valence-electron chi connectivity index (χ4n) is 10.2. The smallest absolute Gasteiger partial charge is 0.405 e. The molecule has 3 fully saturated rings. The van der Waals surface area contributed by atoms with Gasteiger partial charge < -0.3 is 56.0 Å². The van der Waals surface area contributed by atoms with Crippen LogP contribution in [0.2, 0.25) is 0 Å². The lowest BCUT2D eigenvalue weighted by Crippen LogP contribution is -2.41. The van der Waals surface area contributed by atoms with Crippen molar-refractivity contribution < 1.29 is 112 Å². The molecule has 3 saturated heterocycles. The van der Waals surface area contributed by atoms with Crippen LogP contribution in [0, 0.1) is 49.3 Å². The molecule has 11 rings (SSSR count). The number of benzene rings is 5. The highest BCUT2D eigenvalue weighted by molar-refractivity contribution is 9.11. The average molecular weight is 2080 g/mol. The first-order valence-electron chi connectivity index (χ1n) is 36.6. The van der Waals surface area contributed by atoms with Crippen LogP contribution in [0.1, 0.15) is 123 Å². The normalized spacial score (nSPS) is 15.4. The number of sulfone groups is 1. The zero-order valence-electron chi connectivity index (χ0n) is 71.7. The topological polar surface area (TPSA) is 555 Å². The molecule has 0 spiro atoms. The number of rotatable bonds is 19. The number of sulfonamides is 4. The van der Waals surface area contributed by atoms with Crippen LogP contribution >= 0.6 is 47.8 Å². The molecule has 0 saturated carbocycles. The molecule has 3 aliphatic rings. The van der Waals surface area contributed by atoms with E-state index in [0.29, 0.717) is 75.5 Å². The first-order valence-corrected chi connectivity index (χ1v) is 48.7. The number of nitrogen functional groups attached to an aromatic ring is 4. The lowest BCUT2D eigenvalue weighted by atomic mass is 9.49. The zero-order chi connectivity index (χ0) is 96.8. The second-order valence-electron chi connectivity index (χ2n) is 30.9. The third kappa shape index (κ3) is 39.2. The summed E-state index contributed by atoms with van der Waals surface area (Å²) in [4.78, 5) is 41.2. The third-order valence-corrected chi connectivity index (χ3v) is 22.9. The predicted molar refractivity (Wildman–Crippen MR) is 492 cm³/mol. The molecule has 35 nitrogen and oxygen atoms in total. The van der Waals surface area contributed by atoms with Gasteiger partial charge in [0.2, 0.25) is 40.1 Å². The van der Waals surface area contributed by atoms with Crippen LogP contribution in [-0.4, -0.2) is 177 Å². The van der Waals surface area contributed by atoms with Crippen LogP contribution in [0.3, 0.4) is 0 Å². The minimum atomic E-state index is -3.44. The maximum absolute atomic E-state index is 13.8. The third-order valence-electron chi connectivity index (χ3n) is 18.4. The maximum atomic E-state index is 13.8. The van der Waals surface area contributed by atoms with Crippen molar-refractivity contribution in [3.63, 3.8) is 0 Å². The second kappa shape index (κ2) is 47.6. The monoisotopic (exact) mass is 2080 g/mol. The Morgan fingerprint density at radius 3 is 1.13 bits per heavy atom. The summed E-state index contributed by atoms with van der Waals surface area (Å²) in [5.41, 5.74) is 24.5. The molecule has 0 amide bonds. The number of primary sulfonamides is 1. The Morgan fingerprint density at radius 1 is 0.449 bits per heavy atom. The maximum Gasteiger partial charge on any atom is 0.494 e. The molecule has 14 N–H and O–H groups in total. The van der Waals surface area contributed by atoms with Gasteiger partial charge in [-0.3, -0.25) is 40.0 Å². The largest absolute Gasteiger partial charge is 0.494 e. The van der Waals surface area contributed by atoms with Crippen LogP contribution in [0.25, 0.3) is 22.3 Å². The van der Waals surface area contributed by atoms with Crippen LogP contribution in [0.15, 0.2) is 142 Å². The average Bonchev–Trinajstić information content (AvgIpc) is 1.60. The highest BCUT2D eigenvalue weighted by Gasteiger charge is 2.64. The van der Waals surface area contributed by atoms with Gasteiger partial charge in [-0.25, -0.2) is 83.3 Å². The van der Waals surface area contributed by atoms with Gasteiger partial charge in [-0.15, -0.1) is 0 Å². The summed E-state index contributed by atoms with van der Waals surface area (Å²) in [7, 11) is -16.9. The number of nitrogens with one attached hydrogen (secondary N) is 3. The van der Waals surface area contributed by atoms with Crippen molar-refractivity contribution in [2.24, 2.45) is 5.14 Å². The number of aldehydes is 1. The van der Waals surface area contributed by atoms with Gasteiger partial charge in [0.15, 0.2) is 0 Å². The van der Waals surface area contributed by atoms with E-state index in [1.54, 1.807) is 24.3 Å². The molecule has 0 atom stereocenters. The van der Waals surface area contributed by atoms with Gasteiger partial charge in [0.1, 0.15) is 69.0 Å². The number of carbonyl (C=O) groups is 1. The molecule has 3 aromatic heterocycles. The van der Waals surface area contributed by atoms with E-state index in [0.717, 1.165) is 56.7 Å². The number of hydrogen-bond donors (Lipinski definition) is 9. The van der Waals surface area contributed by atoms with E-state index in [-0.39, 0.29) is 95.5 Å². The van der Waals surface area contributed by atoms with Crippen LogP contribution in [0.4, 0.5) is 56.1 Å². The van der Waals surface area contributed by atoms with Crippen LogP contribution < -0.4 is 47.7 Å². The number of nitro groups is 2. The number of aryl methyl sites for hydroxylation is 1. The molecule has 51 heteroatoms. The number of aliphatic hydroxyl groups excluding tert-OH is 1. The molecular weight excluding hydrogens is 1970 g/mol. The number of aliphatic hydroxyl groups is 1.